The summed E-state index contributed by atoms with van der Waals surface area (Å²) < 4.78 is 56.7. The van der Waals surface area contributed by atoms with Crippen molar-refractivity contribution in [3.8, 4) is 0 Å². The van der Waals surface area contributed by atoms with E-state index in [1.807, 2.05) is 5.32 Å². The van der Waals surface area contributed by atoms with Crippen molar-refractivity contribution in [3.05, 3.63) is 82.2 Å². The summed E-state index contributed by atoms with van der Waals surface area (Å²) in [5.74, 6) is -11.3. The highest BCUT2D eigenvalue weighted by Crippen LogP contribution is 2.29. The van der Waals surface area contributed by atoms with Gasteiger partial charge in [0.05, 0.1) is 17.6 Å². The Kier molecular flexibility index (Phi) is 10.2. The van der Waals surface area contributed by atoms with E-state index in [1.54, 1.807) is 0 Å². The lowest BCUT2D eigenvalue weighted by Crippen LogP contribution is -2.46. The summed E-state index contributed by atoms with van der Waals surface area (Å²) in [4.78, 5) is 20.2. The van der Waals surface area contributed by atoms with Crippen molar-refractivity contribution in [2.24, 2.45) is 15.7 Å². The van der Waals surface area contributed by atoms with Crippen molar-refractivity contribution in [2.75, 3.05) is 18.9 Å². The van der Waals surface area contributed by atoms with Crippen LogP contribution in [0.1, 0.15) is 17.2 Å². The molecule has 10 nitrogen and oxygen atoms in total. The number of benzene rings is 2. The van der Waals surface area contributed by atoms with Gasteiger partial charge in [-0.15, -0.1) is 0 Å². The van der Waals surface area contributed by atoms with Crippen LogP contribution in [0.4, 0.5) is 23.2 Å². The Morgan fingerprint density at radius 3 is 2.32 bits per heavy atom. The maximum atomic E-state index is 15.0. The van der Waals surface area contributed by atoms with Gasteiger partial charge in [-0.2, -0.15) is 0 Å². The Balaban J connectivity index is 2.48. The molecule has 15 heteroatoms. The molecule has 7 N–H and O–H groups in total. The molecular weight excluding hydrogens is 538 g/mol. The van der Waals surface area contributed by atoms with Crippen LogP contribution < -0.4 is 11.1 Å². The number of amidine groups is 1. The fourth-order valence-electron chi connectivity index (χ4n) is 3.01. The number of aliphatic hydroxyl groups is 4. The minimum absolute atomic E-state index is 0.307. The zero-order valence-corrected chi connectivity index (χ0v) is 20.3. The zero-order chi connectivity index (χ0) is 28.8. The largest absolute Gasteiger partial charge is 0.378 e. The Bertz CT molecular complexity index is 1290. The highest BCUT2D eigenvalue weighted by molar-refractivity contribution is 6.30. The normalized spacial score (nSPS) is 13.8. The van der Waals surface area contributed by atoms with Gasteiger partial charge in [0, 0.05) is 25.2 Å². The quantitative estimate of drug-likeness (QED) is 0.0898. The summed E-state index contributed by atoms with van der Waals surface area (Å²) in [6, 6.07) is 3.66. The molecule has 2 aromatic rings. The van der Waals surface area contributed by atoms with Gasteiger partial charge in [-0.3, -0.25) is 9.79 Å². The number of aliphatic hydroxyl groups excluding tert-OH is 1. The van der Waals surface area contributed by atoms with Crippen molar-refractivity contribution in [1.29, 1.82) is 0 Å². The number of carbonyl (C=O) groups excluding carboxylic acids is 1. The van der Waals surface area contributed by atoms with Crippen LogP contribution in [0.25, 0.3) is 5.70 Å². The molecule has 1 atom stereocenters. The predicted molar refractivity (Wildman–Crippen MR) is 131 cm³/mol. The van der Waals surface area contributed by atoms with Crippen LogP contribution in [0, 0.1) is 23.3 Å². The van der Waals surface area contributed by atoms with Gasteiger partial charge < -0.3 is 36.4 Å². The minimum atomic E-state index is -3.62. The number of anilines is 1. The number of hydrogen-bond donors (Lipinski definition) is 6. The number of nitrogens with two attached hydrogens (primary N) is 1. The Labute approximate surface area is 218 Å². The molecule has 0 heterocycles. The van der Waals surface area contributed by atoms with Gasteiger partial charge in [-0.25, -0.2) is 22.6 Å². The van der Waals surface area contributed by atoms with Crippen LogP contribution in [0.3, 0.4) is 0 Å². The van der Waals surface area contributed by atoms with Gasteiger partial charge in [0.15, 0.2) is 17.7 Å². The van der Waals surface area contributed by atoms with E-state index in [9.17, 15) is 38.4 Å². The molecule has 0 spiro atoms. The lowest BCUT2D eigenvalue weighted by Gasteiger charge is -2.26. The molecular formula is C23H22ClF4N5O5. The first-order valence-electron chi connectivity index (χ1n) is 10.4. The van der Waals surface area contributed by atoms with Crippen LogP contribution in [-0.4, -0.2) is 63.4 Å². The maximum Gasteiger partial charge on any atom is 0.338 e. The molecule has 204 valence electrons. The summed E-state index contributed by atoms with van der Waals surface area (Å²) in [7, 11) is 1.13. The summed E-state index contributed by atoms with van der Waals surface area (Å²) in [5, 5.41) is 40.9. The van der Waals surface area contributed by atoms with Crippen molar-refractivity contribution in [3.63, 3.8) is 0 Å². The topological polar surface area (TPSA) is 164 Å². The van der Waals surface area contributed by atoms with Crippen LogP contribution in [-0.2, 0) is 4.79 Å². The summed E-state index contributed by atoms with van der Waals surface area (Å²) >= 11 is 5.91. The van der Waals surface area contributed by atoms with E-state index in [2.05, 4.69) is 16.7 Å². The zero-order valence-electron chi connectivity index (χ0n) is 19.5. The van der Waals surface area contributed by atoms with E-state index >= 15 is 4.39 Å². The van der Waals surface area contributed by atoms with Crippen molar-refractivity contribution >= 4 is 41.4 Å². The number of nitrogens with one attached hydrogen (secondary N) is 1. The average Bonchev–Trinajstić information content (AvgIpc) is 2.82. The number of aliphatic imine (C=N–C) groups is 2. The number of hydrogen-bond acceptors (Lipinski definition) is 8. The standard InChI is InChI=1S/C23H22ClF4N5O5/c1-30-10-17(24)33(2)22(23(36,37)38)32-15(5-6-29)14-3-4-16(19(28)18(14)27)31-21(35)20(34)11-7-12(25)9-13(26)8-11/h3-5,7-10,20,34,36-38H,1,6,29H2,2H3,(H,31,35)/b15-5+,17-10-,32-22?. The molecule has 2 rings (SSSR count). The van der Waals surface area contributed by atoms with E-state index in [-0.39, 0.29) is 11.7 Å². The fraction of sp³-hybridized carbons (Fsp3) is 0.174. The summed E-state index contributed by atoms with van der Waals surface area (Å²) in [6.45, 7) is 2.86. The average molecular weight is 560 g/mol. The second-order valence-corrected chi connectivity index (χ2v) is 7.86. The smallest absolute Gasteiger partial charge is 0.338 e. The minimum Gasteiger partial charge on any atom is -0.378 e. The Morgan fingerprint density at radius 1 is 1.18 bits per heavy atom. The van der Waals surface area contributed by atoms with Gasteiger partial charge in [-0.1, -0.05) is 11.6 Å². The lowest BCUT2D eigenvalue weighted by molar-refractivity contribution is -0.260. The SMILES string of the molecule is C=N/C=C(/Cl)N(C)C(=N/C(=C/CN)c1ccc(NC(=O)C(O)c2cc(F)cc(F)c2)c(F)c1F)C(O)(O)O. The molecule has 0 saturated heterocycles. The van der Waals surface area contributed by atoms with Crippen LogP contribution in [0.5, 0.6) is 0 Å². The number of nitrogens with zero attached hydrogens (tertiary/aromatic N) is 3. The van der Waals surface area contributed by atoms with Crippen LogP contribution >= 0.6 is 11.6 Å². The number of carbonyl (C=O) groups is 1. The third kappa shape index (κ3) is 7.44. The van der Waals surface area contributed by atoms with E-state index in [4.69, 9.17) is 17.3 Å². The lowest BCUT2D eigenvalue weighted by atomic mass is 10.1. The van der Waals surface area contributed by atoms with Gasteiger partial charge in [0.25, 0.3) is 5.91 Å². The highest BCUT2D eigenvalue weighted by atomic mass is 35.5. The Hall–Kier alpha value is -3.66. The number of likely N-dealkylation sites (N-methyl/N-ethyl adjacent to an activating group) is 1. The van der Waals surface area contributed by atoms with Gasteiger partial charge in [0.1, 0.15) is 16.8 Å². The molecule has 0 fully saturated rings. The molecule has 0 aliphatic rings. The third-order valence-corrected chi connectivity index (χ3v) is 5.09. The molecule has 1 unspecified atom stereocenters. The summed E-state index contributed by atoms with van der Waals surface area (Å²) in [5.41, 5.74) is 3.14. The molecule has 0 saturated carbocycles. The van der Waals surface area contributed by atoms with E-state index in [0.29, 0.717) is 18.2 Å². The molecule has 1 amide bonds. The van der Waals surface area contributed by atoms with Crippen molar-refractivity contribution in [2.45, 2.75) is 12.1 Å². The van der Waals surface area contributed by atoms with E-state index in [0.717, 1.165) is 36.4 Å². The van der Waals surface area contributed by atoms with Crippen LogP contribution in [0.15, 0.2) is 57.7 Å². The first-order valence-corrected chi connectivity index (χ1v) is 10.7. The second-order valence-electron chi connectivity index (χ2n) is 7.47. The summed E-state index contributed by atoms with van der Waals surface area (Å²) in [6.07, 6.45) is -0.131. The molecule has 0 aliphatic carbocycles. The number of amides is 1. The number of rotatable bonds is 9. The fourth-order valence-corrected chi connectivity index (χ4v) is 3.16. The van der Waals surface area contributed by atoms with Crippen molar-refractivity contribution < 1.29 is 42.8 Å². The molecule has 38 heavy (non-hydrogen) atoms. The maximum absolute atomic E-state index is 15.0. The molecule has 0 aromatic heterocycles. The highest BCUT2D eigenvalue weighted by Gasteiger charge is 2.33. The van der Waals surface area contributed by atoms with Gasteiger partial charge in [0.2, 0.25) is 5.84 Å². The monoisotopic (exact) mass is 559 g/mol. The first-order chi connectivity index (χ1) is 17.7. The van der Waals surface area contributed by atoms with Gasteiger partial charge >= 0.3 is 5.97 Å². The van der Waals surface area contributed by atoms with E-state index < -0.39 is 69.6 Å². The molecule has 0 radical (unpaired) electrons. The third-order valence-electron chi connectivity index (χ3n) is 4.74. The van der Waals surface area contributed by atoms with Crippen LogP contribution in [0.2, 0.25) is 0 Å². The predicted octanol–water partition coefficient (Wildman–Crippen LogP) is 1.91. The number of halogens is 5. The molecule has 0 aliphatic heterocycles. The first kappa shape index (κ1) is 30.6. The van der Waals surface area contributed by atoms with Gasteiger partial charge in [-0.05, 0) is 42.6 Å². The van der Waals surface area contributed by atoms with Crippen molar-refractivity contribution in [1.82, 2.24) is 4.90 Å². The molecule has 0 bridgehead atoms. The second kappa shape index (κ2) is 12.7. The van der Waals surface area contributed by atoms with E-state index in [1.165, 1.54) is 0 Å². The molecule has 2 aromatic carbocycles. The Morgan fingerprint density at radius 2 is 1.79 bits per heavy atom.